The smallest absolute Gasteiger partial charge is 0.328 e. The summed E-state index contributed by atoms with van der Waals surface area (Å²) in [7, 11) is 0. The van der Waals surface area contributed by atoms with Crippen LogP contribution < -0.4 is 21.9 Å². The zero-order valence-corrected chi connectivity index (χ0v) is 10.4. The van der Waals surface area contributed by atoms with Crippen molar-refractivity contribution in [1.82, 2.24) is 9.97 Å². The molecule has 8 heteroatoms. The molecule has 7 nitrogen and oxygen atoms in total. The van der Waals surface area contributed by atoms with Gasteiger partial charge in [-0.2, -0.15) is 0 Å². The van der Waals surface area contributed by atoms with Crippen molar-refractivity contribution in [2.45, 2.75) is 0 Å². The molecule has 19 heavy (non-hydrogen) atoms. The number of nitrogens with zero attached hydrogens (tertiary/aromatic N) is 1. The normalized spacial score (nSPS) is 10.1. The number of hydrogen-bond donors (Lipinski definition) is 4. The molecule has 2 rings (SSSR count). The van der Waals surface area contributed by atoms with Gasteiger partial charge in [0.05, 0.1) is 0 Å². The minimum atomic E-state index is -0.817. The second-order valence-electron chi connectivity index (χ2n) is 3.61. The van der Waals surface area contributed by atoms with Crippen molar-refractivity contribution in [2.75, 3.05) is 4.90 Å². The lowest BCUT2D eigenvalue weighted by Crippen LogP contribution is -2.37. The molecule has 2 aromatic rings. The molecule has 0 unspecified atom stereocenters. The van der Waals surface area contributed by atoms with Crippen LogP contribution in [0.3, 0.4) is 0 Å². The van der Waals surface area contributed by atoms with Gasteiger partial charge in [0, 0.05) is 5.69 Å². The molecule has 0 spiro atoms. The van der Waals surface area contributed by atoms with Crippen LogP contribution in [-0.2, 0) is 0 Å². The van der Waals surface area contributed by atoms with Crippen molar-refractivity contribution in [3.63, 3.8) is 0 Å². The van der Waals surface area contributed by atoms with Gasteiger partial charge >= 0.3 is 5.69 Å². The SMILES string of the molecule is NC(=S)N(c1ccccc1)c1c(O)[nH]c(=O)[nH]c1=O. The molecule has 0 saturated carbocycles. The highest BCUT2D eigenvalue weighted by Gasteiger charge is 2.20. The van der Waals surface area contributed by atoms with Crippen LogP contribution in [0.15, 0.2) is 39.9 Å². The lowest BCUT2D eigenvalue weighted by molar-refractivity contribution is 0.450. The van der Waals surface area contributed by atoms with Crippen molar-refractivity contribution in [1.29, 1.82) is 0 Å². The van der Waals surface area contributed by atoms with Crippen molar-refractivity contribution >= 4 is 28.7 Å². The number of nitrogens with two attached hydrogens (primary N) is 1. The number of rotatable bonds is 2. The van der Waals surface area contributed by atoms with Crippen molar-refractivity contribution in [2.24, 2.45) is 5.73 Å². The Kier molecular flexibility index (Phi) is 3.34. The molecule has 0 amide bonds. The maximum Gasteiger partial charge on any atom is 0.328 e. The van der Waals surface area contributed by atoms with Gasteiger partial charge in [0.2, 0.25) is 5.88 Å². The van der Waals surface area contributed by atoms with E-state index in [1.807, 2.05) is 4.98 Å². The van der Waals surface area contributed by atoms with E-state index in [0.29, 0.717) is 5.69 Å². The molecule has 0 fully saturated rings. The van der Waals surface area contributed by atoms with Crippen molar-refractivity contribution in [3.05, 3.63) is 51.2 Å². The molecule has 98 valence electrons. The Labute approximate surface area is 112 Å². The van der Waals surface area contributed by atoms with Crippen LogP contribution in [-0.4, -0.2) is 20.2 Å². The highest BCUT2D eigenvalue weighted by atomic mass is 32.1. The van der Waals surface area contributed by atoms with Crippen LogP contribution in [0.4, 0.5) is 11.4 Å². The number of H-pyrrole nitrogens is 2. The van der Waals surface area contributed by atoms with Gasteiger partial charge in [0.25, 0.3) is 5.56 Å². The molecule has 1 aromatic heterocycles. The number of thiocarbonyl (C=S) groups is 1. The molecule has 1 heterocycles. The Morgan fingerprint density at radius 2 is 1.84 bits per heavy atom. The van der Waals surface area contributed by atoms with Gasteiger partial charge in [-0.1, -0.05) is 18.2 Å². The Balaban J connectivity index is 2.69. The summed E-state index contributed by atoms with van der Waals surface area (Å²) in [4.78, 5) is 28.1. The Morgan fingerprint density at radius 3 is 2.37 bits per heavy atom. The molecule has 0 aliphatic carbocycles. The fourth-order valence-corrected chi connectivity index (χ4v) is 1.82. The fourth-order valence-electron chi connectivity index (χ4n) is 1.62. The first-order valence-corrected chi connectivity index (χ1v) is 5.61. The third kappa shape index (κ3) is 2.47. The summed E-state index contributed by atoms with van der Waals surface area (Å²) >= 11 is 4.88. The molecule has 0 aliphatic rings. The van der Waals surface area contributed by atoms with Gasteiger partial charge in [-0.05, 0) is 24.4 Å². The van der Waals surface area contributed by atoms with Crippen molar-refractivity contribution in [3.8, 4) is 5.88 Å². The molecule has 0 radical (unpaired) electrons. The lowest BCUT2D eigenvalue weighted by atomic mass is 10.3. The Hall–Kier alpha value is -2.61. The van der Waals surface area contributed by atoms with E-state index < -0.39 is 17.1 Å². The average molecular weight is 278 g/mol. The van der Waals surface area contributed by atoms with Crippen LogP contribution >= 0.6 is 12.2 Å². The fraction of sp³-hybridized carbons (Fsp3) is 0. The van der Waals surface area contributed by atoms with E-state index in [1.54, 1.807) is 30.3 Å². The number of para-hydroxylation sites is 1. The highest BCUT2D eigenvalue weighted by Crippen LogP contribution is 2.26. The summed E-state index contributed by atoms with van der Waals surface area (Å²) in [6.45, 7) is 0. The monoisotopic (exact) mass is 278 g/mol. The first kappa shape index (κ1) is 12.8. The second-order valence-corrected chi connectivity index (χ2v) is 4.03. The number of aromatic hydroxyl groups is 1. The van der Waals surface area contributed by atoms with Crippen LogP contribution in [0.5, 0.6) is 5.88 Å². The summed E-state index contributed by atoms with van der Waals surface area (Å²) in [5.74, 6) is -0.606. The van der Waals surface area contributed by atoms with E-state index in [4.69, 9.17) is 18.0 Å². The van der Waals surface area contributed by atoms with E-state index in [9.17, 15) is 14.7 Å². The Bertz CT molecular complexity index is 723. The Morgan fingerprint density at radius 1 is 1.21 bits per heavy atom. The first-order chi connectivity index (χ1) is 9.00. The van der Waals surface area contributed by atoms with Gasteiger partial charge in [-0.3, -0.25) is 19.7 Å². The van der Waals surface area contributed by atoms with Crippen LogP contribution in [0.25, 0.3) is 0 Å². The highest BCUT2D eigenvalue weighted by molar-refractivity contribution is 7.80. The molecule has 1 aromatic carbocycles. The van der Waals surface area contributed by atoms with E-state index >= 15 is 0 Å². The summed E-state index contributed by atoms with van der Waals surface area (Å²) in [5.41, 5.74) is 4.22. The number of nitrogens with one attached hydrogen (secondary N) is 2. The third-order valence-electron chi connectivity index (χ3n) is 2.36. The van der Waals surface area contributed by atoms with Gasteiger partial charge in [-0.15, -0.1) is 0 Å². The third-order valence-corrected chi connectivity index (χ3v) is 2.54. The standard InChI is InChI=1S/C11H10N4O3S/c12-10(19)15(6-4-2-1-3-5-6)7-8(16)13-11(18)14-9(7)17/h1-5H,(H2,12,19)(H3,13,14,16,17,18). The number of aromatic amines is 2. The second kappa shape index (κ2) is 4.94. The molecule has 5 N–H and O–H groups in total. The maximum absolute atomic E-state index is 11.8. The number of hydrogen-bond acceptors (Lipinski definition) is 4. The summed E-state index contributed by atoms with van der Waals surface area (Å²) in [5, 5.41) is 9.58. The minimum Gasteiger partial charge on any atom is -0.493 e. The molecule has 0 aliphatic heterocycles. The van der Waals surface area contributed by atoms with Gasteiger partial charge in [-0.25, -0.2) is 4.79 Å². The minimum absolute atomic E-state index is 0.140. The van der Waals surface area contributed by atoms with Gasteiger partial charge < -0.3 is 10.8 Å². The maximum atomic E-state index is 11.8. The summed E-state index contributed by atoms with van der Waals surface area (Å²) in [6.07, 6.45) is 0. The average Bonchev–Trinajstić information content (AvgIpc) is 2.34. The number of benzene rings is 1. The zero-order valence-electron chi connectivity index (χ0n) is 9.58. The summed E-state index contributed by atoms with van der Waals surface area (Å²) in [6, 6.07) is 8.53. The van der Waals surface area contributed by atoms with E-state index in [2.05, 4.69) is 4.98 Å². The van der Waals surface area contributed by atoms with Gasteiger partial charge in [0.15, 0.2) is 10.8 Å². The molecule has 0 saturated heterocycles. The quantitative estimate of drug-likeness (QED) is 0.581. The number of anilines is 2. The van der Waals surface area contributed by atoms with Crippen molar-refractivity contribution < 1.29 is 5.11 Å². The molecular formula is C11H10N4O3S. The van der Waals surface area contributed by atoms with Crippen LogP contribution in [0.1, 0.15) is 0 Å². The zero-order chi connectivity index (χ0) is 14.0. The topological polar surface area (TPSA) is 115 Å². The number of aromatic nitrogens is 2. The predicted molar refractivity (Wildman–Crippen MR) is 74.7 cm³/mol. The summed E-state index contributed by atoms with van der Waals surface area (Å²) < 4.78 is 0. The van der Waals surface area contributed by atoms with E-state index in [1.165, 1.54) is 4.90 Å². The molecular weight excluding hydrogens is 268 g/mol. The largest absolute Gasteiger partial charge is 0.493 e. The first-order valence-electron chi connectivity index (χ1n) is 5.21. The van der Waals surface area contributed by atoms with Gasteiger partial charge in [0.1, 0.15) is 0 Å². The van der Waals surface area contributed by atoms with Crippen LogP contribution in [0, 0.1) is 0 Å². The molecule has 0 atom stereocenters. The predicted octanol–water partition coefficient (Wildman–Crippen LogP) is 0.151. The van der Waals surface area contributed by atoms with E-state index in [-0.39, 0.29) is 10.8 Å². The molecule has 0 bridgehead atoms. The lowest BCUT2D eigenvalue weighted by Gasteiger charge is -2.22. The van der Waals surface area contributed by atoms with E-state index in [0.717, 1.165) is 0 Å². The van der Waals surface area contributed by atoms with Crippen LogP contribution in [0.2, 0.25) is 0 Å².